The van der Waals surface area contributed by atoms with Gasteiger partial charge >= 0.3 is 0 Å². The molecule has 1 rings (SSSR count). The third-order valence-electron chi connectivity index (χ3n) is 0.710. The van der Waals surface area contributed by atoms with Crippen molar-refractivity contribution in [3.05, 3.63) is 18.5 Å². The Morgan fingerprint density at radius 1 is 1.75 bits per heavy atom. The smallest absolute Gasteiger partial charge is 0.136 e. The van der Waals surface area contributed by atoms with Crippen LogP contribution in [0, 0.1) is 0 Å². The van der Waals surface area contributed by atoms with Gasteiger partial charge in [-0.05, 0) is 6.07 Å². The second kappa shape index (κ2) is 2.11. The van der Waals surface area contributed by atoms with Crippen LogP contribution in [0.5, 0.6) is 0 Å². The van der Waals surface area contributed by atoms with Gasteiger partial charge in [0.2, 0.25) is 0 Å². The molecule has 0 bridgehead atoms. The molecule has 0 saturated heterocycles. The molecule has 1 aromatic heterocycles. The van der Waals surface area contributed by atoms with E-state index in [9.17, 15) is 0 Å². The van der Waals surface area contributed by atoms with Crippen molar-refractivity contribution in [2.45, 2.75) is 0 Å². The second-order valence-electron chi connectivity index (χ2n) is 1.25. The average Bonchev–Trinajstić information content (AvgIpc) is 2.19. The van der Waals surface area contributed by atoms with Gasteiger partial charge < -0.3 is 5.84 Å². The fourth-order valence-electron chi connectivity index (χ4n) is 0.417. The van der Waals surface area contributed by atoms with E-state index < -0.39 is 0 Å². The molecule has 0 aliphatic carbocycles. The molecule has 0 radical (unpaired) electrons. The summed E-state index contributed by atoms with van der Waals surface area (Å²) in [6.45, 7) is 0. The Morgan fingerprint density at radius 3 is 3.12 bits per heavy atom. The highest BCUT2D eigenvalue weighted by Gasteiger charge is 1.76. The Labute approximate surface area is 46.6 Å². The highest BCUT2D eigenvalue weighted by Crippen LogP contribution is 1.75. The van der Waals surface area contributed by atoms with Gasteiger partial charge in [0.25, 0.3) is 0 Å². The first kappa shape index (κ1) is 4.83. The van der Waals surface area contributed by atoms with Crippen LogP contribution >= 0.6 is 0 Å². The largest absolute Gasteiger partial charge is 0.322 e. The monoisotopic (exact) mass is 110 g/mol. The number of rotatable bonds is 1. The first-order valence-corrected chi connectivity index (χ1v) is 2.16. The Bertz CT molecular complexity index is 164. The standard InChI is InChI=1S/C4H6N4/c5-6-4-8-3-1-2-7-8/h1-4H,5H2/b6-4-. The van der Waals surface area contributed by atoms with Gasteiger partial charge in [-0.2, -0.15) is 10.2 Å². The van der Waals surface area contributed by atoms with Gasteiger partial charge in [-0.25, -0.2) is 4.68 Å². The van der Waals surface area contributed by atoms with Crippen molar-refractivity contribution in [1.82, 2.24) is 9.78 Å². The molecule has 42 valence electrons. The van der Waals surface area contributed by atoms with Crippen LogP contribution in [-0.4, -0.2) is 16.1 Å². The quantitative estimate of drug-likeness (QED) is 0.232. The number of aromatic nitrogens is 2. The number of hydrogen-bond acceptors (Lipinski definition) is 3. The highest BCUT2D eigenvalue weighted by molar-refractivity contribution is 5.55. The van der Waals surface area contributed by atoms with Crippen LogP contribution in [0.1, 0.15) is 0 Å². The minimum absolute atomic E-state index is 1.42. The van der Waals surface area contributed by atoms with E-state index in [-0.39, 0.29) is 0 Å². The van der Waals surface area contributed by atoms with Crippen LogP contribution in [0.15, 0.2) is 23.6 Å². The molecular weight excluding hydrogens is 104 g/mol. The molecule has 1 aromatic rings. The van der Waals surface area contributed by atoms with Crippen LogP contribution < -0.4 is 5.84 Å². The van der Waals surface area contributed by atoms with Crippen molar-refractivity contribution in [1.29, 1.82) is 0 Å². The Balaban J connectivity index is 2.77. The molecule has 1 heterocycles. The van der Waals surface area contributed by atoms with Crippen molar-refractivity contribution in [2.75, 3.05) is 0 Å². The van der Waals surface area contributed by atoms with Gasteiger partial charge in [0, 0.05) is 12.4 Å². The number of nitrogens with zero attached hydrogens (tertiary/aromatic N) is 3. The lowest BCUT2D eigenvalue weighted by Crippen LogP contribution is -1.96. The number of nitrogens with two attached hydrogens (primary N) is 1. The molecule has 2 N–H and O–H groups in total. The zero-order valence-corrected chi connectivity index (χ0v) is 4.23. The van der Waals surface area contributed by atoms with Crippen LogP contribution in [0.25, 0.3) is 0 Å². The van der Waals surface area contributed by atoms with Gasteiger partial charge in [-0.15, -0.1) is 0 Å². The van der Waals surface area contributed by atoms with E-state index in [0.717, 1.165) is 0 Å². The summed E-state index contributed by atoms with van der Waals surface area (Å²) in [5.41, 5.74) is 0. The predicted molar refractivity (Wildman–Crippen MR) is 30.3 cm³/mol. The first-order chi connectivity index (χ1) is 3.93. The summed E-state index contributed by atoms with van der Waals surface area (Å²) in [6, 6.07) is 1.79. The van der Waals surface area contributed by atoms with E-state index >= 15 is 0 Å². The van der Waals surface area contributed by atoms with Gasteiger partial charge in [0.15, 0.2) is 0 Å². The summed E-state index contributed by atoms with van der Waals surface area (Å²) in [4.78, 5) is 0. The molecule has 0 amide bonds. The lowest BCUT2D eigenvalue weighted by atomic mass is 10.8. The molecule has 4 nitrogen and oxygen atoms in total. The molecular formula is C4H6N4. The first-order valence-electron chi connectivity index (χ1n) is 2.16. The van der Waals surface area contributed by atoms with Crippen molar-refractivity contribution < 1.29 is 0 Å². The van der Waals surface area contributed by atoms with E-state index in [2.05, 4.69) is 10.2 Å². The summed E-state index contributed by atoms with van der Waals surface area (Å²) < 4.78 is 1.51. The van der Waals surface area contributed by atoms with Crippen molar-refractivity contribution >= 4 is 6.34 Å². The zero-order chi connectivity index (χ0) is 5.82. The van der Waals surface area contributed by atoms with Crippen LogP contribution in [0.2, 0.25) is 0 Å². The minimum Gasteiger partial charge on any atom is -0.322 e. The normalized spacial score (nSPS) is 10.5. The molecule has 8 heavy (non-hydrogen) atoms. The van der Waals surface area contributed by atoms with Gasteiger partial charge in [0.1, 0.15) is 6.34 Å². The molecule has 0 aromatic carbocycles. The Hall–Kier alpha value is -1.32. The molecule has 0 aliphatic heterocycles. The maximum Gasteiger partial charge on any atom is 0.136 e. The minimum atomic E-state index is 1.42. The predicted octanol–water partition coefficient (Wildman–Crippen LogP) is -0.367. The topological polar surface area (TPSA) is 56.2 Å². The zero-order valence-electron chi connectivity index (χ0n) is 4.23. The summed E-state index contributed by atoms with van der Waals surface area (Å²) in [6.07, 6.45) is 4.82. The summed E-state index contributed by atoms with van der Waals surface area (Å²) >= 11 is 0. The Morgan fingerprint density at radius 2 is 2.62 bits per heavy atom. The molecule has 4 heteroatoms. The highest BCUT2D eigenvalue weighted by atomic mass is 15.3. The number of hydrazone groups is 1. The van der Waals surface area contributed by atoms with Gasteiger partial charge in [-0.1, -0.05) is 0 Å². The van der Waals surface area contributed by atoms with E-state index in [4.69, 9.17) is 5.84 Å². The van der Waals surface area contributed by atoms with E-state index in [1.54, 1.807) is 18.5 Å². The van der Waals surface area contributed by atoms with Crippen LogP contribution in [0.3, 0.4) is 0 Å². The fourth-order valence-corrected chi connectivity index (χ4v) is 0.417. The average molecular weight is 110 g/mol. The second-order valence-corrected chi connectivity index (χ2v) is 1.25. The molecule has 0 unspecified atom stereocenters. The SMILES string of the molecule is N/N=C\n1cccn1. The lowest BCUT2D eigenvalue weighted by Gasteiger charge is -1.82. The van der Waals surface area contributed by atoms with Crippen molar-refractivity contribution in [2.24, 2.45) is 10.9 Å². The van der Waals surface area contributed by atoms with Crippen molar-refractivity contribution in [3.8, 4) is 0 Å². The molecule has 0 fully saturated rings. The summed E-state index contributed by atoms with van der Waals surface area (Å²) in [5, 5.41) is 7.05. The van der Waals surface area contributed by atoms with E-state index in [1.807, 2.05) is 0 Å². The maximum absolute atomic E-state index is 4.83. The molecule has 0 saturated carbocycles. The molecule has 0 atom stereocenters. The van der Waals surface area contributed by atoms with E-state index in [1.165, 1.54) is 11.0 Å². The fraction of sp³-hybridized carbons (Fsp3) is 0. The number of hydrogen-bond donors (Lipinski definition) is 1. The van der Waals surface area contributed by atoms with Crippen LogP contribution in [0.4, 0.5) is 0 Å². The summed E-state index contributed by atoms with van der Waals surface area (Å²) in [7, 11) is 0. The maximum atomic E-state index is 4.83. The van der Waals surface area contributed by atoms with Crippen molar-refractivity contribution in [3.63, 3.8) is 0 Å². The third-order valence-corrected chi connectivity index (χ3v) is 0.710. The summed E-state index contributed by atoms with van der Waals surface area (Å²) in [5.74, 6) is 4.83. The van der Waals surface area contributed by atoms with E-state index in [0.29, 0.717) is 0 Å². The van der Waals surface area contributed by atoms with Gasteiger partial charge in [-0.3, -0.25) is 0 Å². The Kier molecular flexibility index (Phi) is 1.27. The molecule has 0 spiro atoms. The lowest BCUT2D eigenvalue weighted by molar-refractivity contribution is 0.947. The molecule has 0 aliphatic rings. The van der Waals surface area contributed by atoms with Crippen LogP contribution in [-0.2, 0) is 0 Å². The van der Waals surface area contributed by atoms with Gasteiger partial charge in [0.05, 0.1) is 0 Å². The third kappa shape index (κ3) is 0.841.